The number of benzene rings is 2. The molecule has 44 heavy (non-hydrogen) atoms. The molecular formula is C30H33F5N4O4S. The SMILES string of the molecule is C[C@@H]1CN(c2nc(=O)n3c4c(c(-c5ccc(F)cc5)c(C(F)(F)F)cc24)SC[C@@H](OCF)C3)C[C@H](C)N1C(=O)OC(C)(C)C. The van der Waals surface area contributed by atoms with Gasteiger partial charge in [-0.15, -0.1) is 11.8 Å². The fraction of sp³-hybridized carbons (Fsp3) is 0.500. The van der Waals surface area contributed by atoms with E-state index in [9.17, 15) is 31.5 Å². The Kier molecular flexibility index (Phi) is 8.62. The molecule has 14 heteroatoms. The van der Waals surface area contributed by atoms with Crippen LogP contribution in [0.15, 0.2) is 40.0 Å². The molecule has 2 aliphatic heterocycles. The summed E-state index contributed by atoms with van der Waals surface area (Å²) in [4.78, 5) is 34.3. The quantitative estimate of drug-likeness (QED) is 0.303. The zero-order valence-electron chi connectivity index (χ0n) is 24.9. The molecule has 0 radical (unpaired) electrons. The van der Waals surface area contributed by atoms with Gasteiger partial charge < -0.3 is 14.4 Å². The van der Waals surface area contributed by atoms with Crippen LogP contribution >= 0.6 is 11.8 Å². The van der Waals surface area contributed by atoms with Gasteiger partial charge in [0.15, 0.2) is 6.86 Å². The summed E-state index contributed by atoms with van der Waals surface area (Å²) >= 11 is 1.02. The number of thioether (sulfide) groups is 1. The Morgan fingerprint density at radius 3 is 2.27 bits per heavy atom. The van der Waals surface area contributed by atoms with E-state index >= 15 is 0 Å². The number of carbonyl (C=O) groups excluding carboxylic acids is 1. The fourth-order valence-corrected chi connectivity index (χ4v) is 7.15. The highest BCUT2D eigenvalue weighted by atomic mass is 32.2. The van der Waals surface area contributed by atoms with Crippen LogP contribution < -0.4 is 10.6 Å². The first kappa shape index (κ1) is 32.0. The smallest absolute Gasteiger partial charge is 0.417 e. The van der Waals surface area contributed by atoms with Gasteiger partial charge in [0.25, 0.3) is 0 Å². The van der Waals surface area contributed by atoms with Crippen molar-refractivity contribution >= 4 is 34.6 Å². The van der Waals surface area contributed by atoms with E-state index in [0.29, 0.717) is 0 Å². The van der Waals surface area contributed by atoms with Crippen LogP contribution in [0.4, 0.5) is 32.6 Å². The molecule has 0 aliphatic carbocycles. The van der Waals surface area contributed by atoms with Gasteiger partial charge in [-0.2, -0.15) is 18.2 Å². The van der Waals surface area contributed by atoms with E-state index in [-0.39, 0.29) is 58.1 Å². The van der Waals surface area contributed by atoms with Gasteiger partial charge in [-0.25, -0.2) is 18.4 Å². The molecule has 3 heterocycles. The highest BCUT2D eigenvalue weighted by molar-refractivity contribution is 7.99. The lowest BCUT2D eigenvalue weighted by molar-refractivity contribution is -0.137. The number of ether oxygens (including phenoxy) is 2. The Morgan fingerprint density at radius 2 is 1.70 bits per heavy atom. The molecule has 0 unspecified atom stereocenters. The van der Waals surface area contributed by atoms with E-state index in [2.05, 4.69) is 4.98 Å². The van der Waals surface area contributed by atoms with Gasteiger partial charge in [-0.1, -0.05) is 12.1 Å². The van der Waals surface area contributed by atoms with E-state index in [1.807, 2.05) is 0 Å². The first-order chi connectivity index (χ1) is 20.6. The summed E-state index contributed by atoms with van der Waals surface area (Å²) in [5, 5.41) is 0.0799. The third-order valence-electron chi connectivity index (χ3n) is 7.56. The summed E-state index contributed by atoms with van der Waals surface area (Å²) < 4.78 is 83.4. The Morgan fingerprint density at radius 1 is 1.07 bits per heavy atom. The molecule has 1 fully saturated rings. The highest BCUT2D eigenvalue weighted by Gasteiger charge is 2.40. The molecule has 0 bridgehead atoms. The van der Waals surface area contributed by atoms with Crippen molar-refractivity contribution in [1.29, 1.82) is 0 Å². The van der Waals surface area contributed by atoms with Crippen molar-refractivity contribution in [2.45, 2.75) is 76.0 Å². The lowest BCUT2D eigenvalue weighted by Crippen LogP contribution is -2.59. The summed E-state index contributed by atoms with van der Waals surface area (Å²) in [5.41, 5.74) is -2.33. The van der Waals surface area contributed by atoms with Gasteiger partial charge in [-0.05, 0) is 58.4 Å². The Labute approximate surface area is 255 Å². The fourth-order valence-electron chi connectivity index (χ4n) is 5.86. The molecule has 1 saturated heterocycles. The van der Waals surface area contributed by atoms with Gasteiger partial charge in [0.1, 0.15) is 17.2 Å². The number of anilines is 1. The van der Waals surface area contributed by atoms with E-state index in [1.165, 1.54) is 16.7 Å². The van der Waals surface area contributed by atoms with Crippen molar-refractivity contribution in [3.8, 4) is 11.1 Å². The summed E-state index contributed by atoms with van der Waals surface area (Å²) in [6.45, 7) is 7.93. The van der Waals surface area contributed by atoms with Crippen molar-refractivity contribution < 1.29 is 36.2 Å². The third kappa shape index (κ3) is 6.23. The van der Waals surface area contributed by atoms with Crippen LogP contribution in [-0.2, 0) is 22.2 Å². The van der Waals surface area contributed by atoms with Crippen LogP contribution in [0.5, 0.6) is 0 Å². The maximum Gasteiger partial charge on any atom is 0.417 e. The van der Waals surface area contributed by atoms with E-state index in [0.717, 1.165) is 30.0 Å². The van der Waals surface area contributed by atoms with Gasteiger partial charge in [0.2, 0.25) is 0 Å². The second-order valence-corrected chi connectivity index (χ2v) is 13.1. The second kappa shape index (κ2) is 11.8. The third-order valence-corrected chi connectivity index (χ3v) is 8.78. The number of aromatic nitrogens is 2. The van der Waals surface area contributed by atoms with Crippen molar-refractivity contribution in [3.05, 3.63) is 52.2 Å². The van der Waals surface area contributed by atoms with Gasteiger partial charge in [0, 0.05) is 34.7 Å². The van der Waals surface area contributed by atoms with Crippen molar-refractivity contribution in [1.82, 2.24) is 14.5 Å². The standard InChI is InChI=1S/C30H33F5N4O4S/c1-16-11-37(12-17(2)39(16)28(41)43-29(3,4)5)26-21-10-22(30(33,34)35)23(18-6-8-19(32)9-7-18)25-24(21)38(27(40)36-26)13-20(14-44-25)42-15-31/h6-10,16-17,20H,11-15H2,1-5H3/t16-,17+,20-/m0/s1. The number of carbonyl (C=O) groups is 1. The maximum atomic E-state index is 14.8. The normalized spacial score (nSPS) is 21.0. The largest absolute Gasteiger partial charge is 0.444 e. The number of halogens is 5. The van der Waals surface area contributed by atoms with Gasteiger partial charge in [0.05, 0.1) is 35.8 Å². The predicted octanol–water partition coefficient (Wildman–Crippen LogP) is 6.47. The minimum absolute atomic E-state index is 0.0478. The van der Waals surface area contributed by atoms with Crippen LogP contribution in [-0.4, -0.2) is 70.0 Å². The Bertz CT molecular complexity index is 1610. The molecule has 5 rings (SSSR count). The summed E-state index contributed by atoms with van der Waals surface area (Å²) in [5.74, 6) is -0.505. The molecule has 1 amide bonds. The maximum absolute atomic E-state index is 14.8. The molecule has 2 aliphatic rings. The van der Waals surface area contributed by atoms with Crippen LogP contribution in [0, 0.1) is 5.82 Å². The second-order valence-electron chi connectivity index (χ2n) is 12.1. The van der Waals surface area contributed by atoms with Crippen LogP contribution in [0.25, 0.3) is 22.0 Å². The molecular weight excluding hydrogens is 607 g/mol. The molecule has 1 aromatic heterocycles. The van der Waals surface area contributed by atoms with E-state index in [1.54, 1.807) is 44.4 Å². The minimum Gasteiger partial charge on any atom is -0.444 e. The van der Waals surface area contributed by atoms with Crippen molar-refractivity contribution in [2.75, 3.05) is 30.6 Å². The van der Waals surface area contributed by atoms with Crippen molar-refractivity contribution in [3.63, 3.8) is 0 Å². The van der Waals surface area contributed by atoms with E-state index in [4.69, 9.17) is 9.47 Å². The lowest BCUT2D eigenvalue weighted by atomic mass is 9.96. The lowest BCUT2D eigenvalue weighted by Gasteiger charge is -2.45. The molecule has 2 aromatic carbocycles. The topological polar surface area (TPSA) is 76.9 Å². The molecule has 238 valence electrons. The molecule has 3 atom stereocenters. The zero-order chi connectivity index (χ0) is 32.1. The monoisotopic (exact) mass is 640 g/mol. The summed E-state index contributed by atoms with van der Waals surface area (Å²) in [6, 6.07) is 4.77. The molecule has 3 aromatic rings. The summed E-state index contributed by atoms with van der Waals surface area (Å²) in [7, 11) is 0. The molecule has 0 spiro atoms. The number of hydrogen-bond donors (Lipinski definition) is 0. The average Bonchev–Trinajstić information content (AvgIpc) is 3.10. The zero-order valence-corrected chi connectivity index (χ0v) is 25.7. The van der Waals surface area contributed by atoms with E-state index < -0.39 is 60.0 Å². The minimum atomic E-state index is -4.83. The molecule has 0 saturated carbocycles. The number of amides is 1. The number of piperazine rings is 1. The first-order valence-electron chi connectivity index (χ1n) is 14.1. The highest BCUT2D eigenvalue weighted by Crippen LogP contribution is 2.48. The number of rotatable bonds is 4. The average molecular weight is 641 g/mol. The molecule has 8 nitrogen and oxygen atoms in total. The van der Waals surface area contributed by atoms with Crippen LogP contribution in [0.1, 0.15) is 40.2 Å². The number of alkyl halides is 4. The van der Waals surface area contributed by atoms with Gasteiger partial charge >= 0.3 is 18.0 Å². The summed E-state index contributed by atoms with van der Waals surface area (Å²) in [6.07, 6.45) is -6.17. The Balaban J connectivity index is 1.72. The predicted molar refractivity (Wildman–Crippen MR) is 157 cm³/mol. The first-order valence-corrected chi connectivity index (χ1v) is 15.1. The Hall–Kier alpha value is -3.39. The van der Waals surface area contributed by atoms with Crippen LogP contribution in [0.3, 0.4) is 0 Å². The number of nitrogens with zero attached hydrogens (tertiary/aromatic N) is 4. The molecule has 0 N–H and O–H groups in total. The van der Waals surface area contributed by atoms with Gasteiger partial charge in [-0.3, -0.25) is 9.47 Å². The number of hydrogen-bond acceptors (Lipinski definition) is 7. The van der Waals surface area contributed by atoms with Crippen LogP contribution in [0.2, 0.25) is 0 Å². The van der Waals surface area contributed by atoms with Crippen molar-refractivity contribution in [2.24, 2.45) is 0 Å².